The first-order chi connectivity index (χ1) is 11.6. The second kappa shape index (κ2) is 5.45. The van der Waals surface area contributed by atoms with Crippen molar-refractivity contribution in [2.45, 2.75) is 12.8 Å². The van der Waals surface area contributed by atoms with Crippen LogP contribution >= 0.6 is 0 Å². The number of carbonyl (C=O) groups excluding carboxylic acids is 3. The third-order valence-electron chi connectivity index (χ3n) is 4.12. The molecule has 0 spiro atoms. The van der Waals surface area contributed by atoms with Crippen LogP contribution in [0.5, 0.6) is 0 Å². The molecule has 0 unspecified atom stereocenters. The number of nitrogens with zero attached hydrogens (tertiary/aromatic N) is 1. The van der Waals surface area contributed by atoms with Gasteiger partial charge in [-0.2, -0.15) is 0 Å². The molecule has 118 valence electrons. The SMILES string of the molecule is O=C(ON1C(=O)CCC1=O)c1ccc2cc3ccccc3cc2c1. The zero-order valence-electron chi connectivity index (χ0n) is 12.7. The number of hydrogen-bond acceptors (Lipinski definition) is 4. The van der Waals surface area contributed by atoms with Crippen LogP contribution < -0.4 is 0 Å². The summed E-state index contributed by atoms with van der Waals surface area (Å²) >= 11 is 0. The molecule has 24 heavy (non-hydrogen) atoms. The fraction of sp³-hybridized carbons (Fsp3) is 0.105. The Labute approximate surface area is 137 Å². The summed E-state index contributed by atoms with van der Waals surface area (Å²) in [6, 6.07) is 17.2. The highest BCUT2D eigenvalue weighted by atomic mass is 16.7. The Bertz CT molecular complexity index is 993. The van der Waals surface area contributed by atoms with Crippen molar-refractivity contribution >= 4 is 39.3 Å². The number of imide groups is 1. The normalized spacial score (nSPS) is 14.6. The molecule has 3 aromatic rings. The van der Waals surface area contributed by atoms with E-state index in [0.717, 1.165) is 21.5 Å². The van der Waals surface area contributed by atoms with Crippen molar-refractivity contribution in [1.29, 1.82) is 0 Å². The van der Waals surface area contributed by atoms with E-state index in [0.29, 0.717) is 10.6 Å². The molecular weight excluding hydrogens is 306 g/mol. The van der Waals surface area contributed by atoms with Crippen LogP contribution in [0.25, 0.3) is 21.5 Å². The molecule has 2 amide bonds. The second-order valence-corrected chi connectivity index (χ2v) is 5.72. The molecule has 0 atom stereocenters. The maximum absolute atomic E-state index is 12.2. The molecule has 0 radical (unpaired) electrons. The molecule has 0 saturated carbocycles. The van der Waals surface area contributed by atoms with Gasteiger partial charge in [-0.15, -0.1) is 5.06 Å². The first-order valence-corrected chi connectivity index (χ1v) is 7.62. The lowest BCUT2D eigenvalue weighted by Gasteiger charge is -2.12. The molecule has 1 fully saturated rings. The van der Waals surface area contributed by atoms with Crippen molar-refractivity contribution in [2.75, 3.05) is 0 Å². The van der Waals surface area contributed by atoms with Crippen molar-refractivity contribution in [3.63, 3.8) is 0 Å². The van der Waals surface area contributed by atoms with Crippen LogP contribution in [0, 0.1) is 0 Å². The third-order valence-corrected chi connectivity index (χ3v) is 4.12. The molecule has 1 aliphatic heterocycles. The van der Waals surface area contributed by atoms with E-state index in [1.165, 1.54) is 0 Å². The largest absolute Gasteiger partial charge is 0.363 e. The summed E-state index contributed by atoms with van der Waals surface area (Å²) in [4.78, 5) is 40.3. The van der Waals surface area contributed by atoms with Gasteiger partial charge in [-0.25, -0.2) is 4.79 Å². The van der Waals surface area contributed by atoms with Crippen LogP contribution in [0.3, 0.4) is 0 Å². The Hall–Kier alpha value is -3.21. The number of rotatable bonds is 2. The van der Waals surface area contributed by atoms with E-state index in [9.17, 15) is 14.4 Å². The van der Waals surface area contributed by atoms with Gasteiger partial charge in [0.25, 0.3) is 11.8 Å². The van der Waals surface area contributed by atoms with E-state index in [1.807, 2.05) is 42.5 Å². The molecule has 0 N–H and O–H groups in total. The van der Waals surface area contributed by atoms with Gasteiger partial charge in [0.05, 0.1) is 5.56 Å². The predicted molar refractivity (Wildman–Crippen MR) is 88.0 cm³/mol. The van der Waals surface area contributed by atoms with Gasteiger partial charge < -0.3 is 4.84 Å². The zero-order chi connectivity index (χ0) is 16.7. The van der Waals surface area contributed by atoms with Crippen LogP contribution in [0.4, 0.5) is 0 Å². The number of benzene rings is 3. The highest BCUT2D eigenvalue weighted by molar-refractivity contribution is 6.04. The average molecular weight is 319 g/mol. The molecular formula is C19H13NO4. The van der Waals surface area contributed by atoms with Gasteiger partial charge in [0.15, 0.2) is 0 Å². The van der Waals surface area contributed by atoms with Crippen LogP contribution in [-0.2, 0) is 14.4 Å². The summed E-state index contributed by atoms with van der Waals surface area (Å²) in [6.45, 7) is 0. The molecule has 5 heteroatoms. The molecule has 3 aromatic carbocycles. The van der Waals surface area contributed by atoms with Gasteiger partial charge in [0.2, 0.25) is 0 Å². The fourth-order valence-corrected chi connectivity index (χ4v) is 2.86. The lowest BCUT2D eigenvalue weighted by molar-refractivity contribution is -0.172. The van der Waals surface area contributed by atoms with Gasteiger partial charge in [-0.3, -0.25) is 9.59 Å². The highest BCUT2D eigenvalue weighted by Gasteiger charge is 2.33. The number of hydroxylamine groups is 2. The quantitative estimate of drug-likeness (QED) is 0.537. The summed E-state index contributed by atoms with van der Waals surface area (Å²) in [5.74, 6) is -1.69. The zero-order valence-corrected chi connectivity index (χ0v) is 12.7. The van der Waals surface area contributed by atoms with Crippen molar-refractivity contribution in [1.82, 2.24) is 5.06 Å². The Balaban J connectivity index is 1.69. The summed E-state index contributed by atoms with van der Waals surface area (Å²) < 4.78 is 0. The molecule has 1 heterocycles. The lowest BCUT2D eigenvalue weighted by Crippen LogP contribution is -2.32. The molecule has 1 aliphatic rings. The first kappa shape index (κ1) is 14.4. The second-order valence-electron chi connectivity index (χ2n) is 5.72. The molecule has 1 saturated heterocycles. The summed E-state index contributed by atoms with van der Waals surface area (Å²) in [5.41, 5.74) is 0.297. The maximum Gasteiger partial charge on any atom is 0.363 e. The number of carbonyl (C=O) groups is 3. The number of fused-ring (bicyclic) bond motifs is 2. The van der Waals surface area contributed by atoms with E-state index in [1.54, 1.807) is 12.1 Å². The third kappa shape index (κ3) is 2.40. The van der Waals surface area contributed by atoms with Gasteiger partial charge in [0.1, 0.15) is 0 Å². The minimum absolute atomic E-state index is 0.0792. The van der Waals surface area contributed by atoms with Crippen LogP contribution in [0.2, 0.25) is 0 Å². The van der Waals surface area contributed by atoms with E-state index in [4.69, 9.17) is 4.84 Å². The minimum Gasteiger partial charge on any atom is -0.325 e. The smallest absolute Gasteiger partial charge is 0.325 e. The first-order valence-electron chi connectivity index (χ1n) is 7.62. The number of hydrogen-bond donors (Lipinski definition) is 0. The summed E-state index contributed by atoms with van der Waals surface area (Å²) in [6.07, 6.45) is 0.158. The van der Waals surface area contributed by atoms with Gasteiger partial charge in [-0.05, 0) is 45.8 Å². The van der Waals surface area contributed by atoms with Crippen molar-refractivity contribution in [3.8, 4) is 0 Å². The van der Waals surface area contributed by atoms with Crippen LogP contribution in [0.15, 0.2) is 54.6 Å². The van der Waals surface area contributed by atoms with Crippen LogP contribution in [-0.4, -0.2) is 22.8 Å². The molecule has 5 nitrogen and oxygen atoms in total. The predicted octanol–water partition coefficient (Wildman–Crippen LogP) is 3.21. The van der Waals surface area contributed by atoms with Gasteiger partial charge in [0, 0.05) is 12.8 Å². The minimum atomic E-state index is -0.714. The van der Waals surface area contributed by atoms with Gasteiger partial charge >= 0.3 is 5.97 Å². The van der Waals surface area contributed by atoms with Crippen LogP contribution in [0.1, 0.15) is 23.2 Å². The van der Waals surface area contributed by atoms with E-state index in [-0.39, 0.29) is 12.8 Å². The Morgan fingerprint density at radius 1 is 0.792 bits per heavy atom. The molecule has 0 aliphatic carbocycles. The van der Waals surface area contributed by atoms with Crippen molar-refractivity contribution in [2.24, 2.45) is 0 Å². The molecule has 0 bridgehead atoms. The molecule has 4 rings (SSSR count). The topological polar surface area (TPSA) is 63.7 Å². The average Bonchev–Trinajstić information content (AvgIpc) is 2.91. The Kier molecular flexibility index (Phi) is 3.27. The number of amides is 2. The fourth-order valence-electron chi connectivity index (χ4n) is 2.86. The molecule has 0 aromatic heterocycles. The summed E-state index contributed by atoms with van der Waals surface area (Å²) in [5, 5.41) is 4.64. The maximum atomic E-state index is 12.2. The van der Waals surface area contributed by atoms with Gasteiger partial charge in [-0.1, -0.05) is 30.3 Å². The van der Waals surface area contributed by atoms with E-state index >= 15 is 0 Å². The lowest BCUT2D eigenvalue weighted by atomic mass is 10.0. The Morgan fingerprint density at radius 2 is 1.38 bits per heavy atom. The van der Waals surface area contributed by atoms with E-state index < -0.39 is 17.8 Å². The standard InChI is InChI=1S/C19H13NO4/c21-17-7-8-18(22)20(17)24-19(23)15-6-5-14-9-12-3-1-2-4-13(12)10-16(14)11-15/h1-6,9-11H,7-8H2. The van der Waals surface area contributed by atoms with Crippen molar-refractivity contribution in [3.05, 3.63) is 60.2 Å². The van der Waals surface area contributed by atoms with Crippen molar-refractivity contribution < 1.29 is 19.2 Å². The monoisotopic (exact) mass is 319 g/mol. The highest BCUT2D eigenvalue weighted by Crippen LogP contribution is 2.24. The Morgan fingerprint density at radius 3 is 2.04 bits per heavy atom. The van der Waals surface area contributed by atoms with E-state index in [2.05, 4.69) is 0 Å². The summed E-state index contributed by atoms with van der Waals surface area (Å²) in [7, 11) is 0.